The summed E-state index contributed by atoms with van der Waals surface area (Å²) in [6, 6.07) is 8.63. The van der Waals surface area contributed by atoms with Crippen LogP contribution < -0.4 is 15.8 Å². The smallest absolute Gasteiger partial charge is 0.412 e. The maximum absolute atomic E-state index is 12.1. The Morgan fingerprint density at radius 3 is 2.68 bits per heavy atom. The highest BCUT2D eigenvalue weighted by molar-refractivity contribution is 5.98. The van der Waals surface area contributed by atoms with Gasteiger partial charge in [0.15, 0.2) is 0 Å². The van der Waals surface area contributed by atoms with E-state index in [1.807, 2.05) is 0 Å². The first-order valence-corrected chi connectivity index (χ1v) is 8.52. The third kappa shape index (κ3) is 4.21. The van der Waals surface area contributed by atoms with Gasteiger partial charge in [-0.15, -0.1) is 0 Å². The lowest BCUT2D eigenvalue weighted by molar-refractivity contribution is 0.100. The molecule has 0 radical (unpaired) electrons. The van der Waals surface area contributed by atoms with Gasteiger partial charge in [-0.25, -0.2) is 4.79 Å². The summed E-state index contributed by atoms with van der Waals surface area (Å²) < 4.78 is 11.0. The molecule has 0 bridgehead atoms. The van der Waals surface area contributed by atoms with Gasteiger partial charge in [-0.2, -0.15) is 0 Å². The van der Waals surface area contributed by atoms with Crippen LogP contribution in [-0.2, 0) is 0 Å². The van der Waals surface area contributed by atoms with Gasteiger partial charge in [-0.05, 0) is 38.0 Å². The topological polar surface area (TPSA) is 94.6 Å². The zero-order chi connectivity index (χ0) is 17.8. The fourth-order valence-electron chi connectivity index (χ4n) is 3.16. The number of nitrogens with one attached hydrogen (secondary N) is 1. The van der Waals surface area contributed by atoms with Crippen LogP contribution in [0.4, 0.5) is 4.79 Å². The van der Waals surface area contributed by atoms with Gasteiger partial charge in [0.05, 0.1) is 5.56 Å². The lowest BCUT2D eigenvalue weighted by Gasteiger charge is -2.22. The van der Waals surface area contributed by atoms with Crippen LogP contribution in [0.2, 0.25) is 0 Å². The SMILES string of the molecule is Cc1cc(C(N)=O)c(-c2cccc(OC(=O)NC3CCCCC3)c2)o1. The van der Waals surface area contributed by atoms with Gasteiger partial charge in [0.25, 0.3) is 5.91 Å². The molecule has 0 aliphatic heterocycles. The highest BCUT2D eigenvalue weighted by atomic mass is 16.6. The van der Waals surface area contributed by atoms with Crippen molar-refractivity contribution in [1.29, 1.82) is 0 Å². The lowest BCUT2D eigenvalue weighted by Crippen LogP contribution is -2.37. The van der Waals surface area contributed by atoms with E-state index in [1.54, 1.807) is 37.3 Å². The molecule has 3 rings (SSSR count). The van der Waals surface area contributed by atoms with Gasteiger partial charge in [-0.1, -0.05) is 31.4 Å². The number of rotatable bonds is 4. The minimum atomic E-state index is -0.562. The Morgan fingerprint density at radius 2 is 1.96 bits per heavy atom. The van der Waals surface area contributed by atoms with Crippen molar-refractivity contribution in [2.45, 2.75) is 45.1 Å². The third-order valence-corrected chi connectivity index (χ3v) is 4.35. The molecule has 1 saturated carbocycles. The molecule has 0 spiro atoms. The molecule has 0 saturated heterocycles. The summed E-state index contributed by atoms with van der Waals surface area (Å²) in [6.07, 6.45) is 5.00. The van der Waals surface area contributed by atoms with Gasteiger partial charge < -0.3 is 20.2 Å². The second kappa shape index (κ2) is 7.42. The van der Waals surface area contributed by atoms with Crippen LogP contribution in [0.5, 0.6) is 5.75 Å². The quantitative estimate of drug-likeness (QED) is 0.884. The number of primary amides is 1. The Balaban J connectivity index is 1.73. The van der Waals surface area contributed by atoms with Crippen molar-refractivity contribution in [2.75, 3.05) is 0 Å². The van der Waals surface area contributed by atoms with E-state index >= 15 is 0 Å². The fourth-order valence-corrected chi connectivity index (χ4v) is 3.16. The molecule has 0 atom stereocenters. The average molecular weight is 342 g/mol. The monoisotopic (exact) mass is 342 g/mol. The van der Waals surface area contributed by atoms with E-state index in [9.17, 15) is 9.59 Å². The molecule has 1 aromatic carbocycles. The first-order chi connectivity index (χ1) is 12.0. The van der Waals surface area contributed by atoms with E-state index in [1.165, 1.54) is 6.42 Å². The van der Waals surface area contributed by atoms with Gasteiger partial charge in [-0.3, -0.25) is 4.79 Å². The van der Waals surface area contributed by atoms with E-state index < -0.39 is 12.0 Å². The van der Waals surface area contributed by atoms with Crippen molar-refractivity contribution in [3.05, 3.63) is 41.7 Å². The Hall–Kier alpha value is -2.76. The highest BCUT2D eigenvalue weighted by Gasteiger charge is 2.18. The summed E-state index contributed by atoms with van der Waals surface area (Å²) in [4.78, 5) is 23.6. The minimum Gasteiger partial charge on any atom is -0.461 e. The maximum atomic E-state index is 12.1. The number of benzene rings is 1. The molecule has 0 unspecified atom stereocenters. The van der Waals surface area contributed by atoms with E-state index in [0.29, 0.717) is 28.4 Å². The molecule has 6 heteroatoms. The standard InChI is InChI=1S/C19H22N2O4/c1-12-10-16(18(20)22)17(24-12)13-6-5-9-15(11-13)25-19(23)21-14-7-3-2-4-8-14/h5-6,9-11,14H,2-4,7-8H2,1H3,(H2,20,22)(H,21,23). The number of furan rings is 1. The van der Waals surface area contributed by atoms with Crippen LogP contribution in [0.1, 0.15) is 48.2 Å². The number of nitrogens with two attached hydrogens (primary N) is 1. The normalized spacial score (nSPS) is 14.9. The molecule has 25 heavy (non-hydrogen) atoms. The predicted octanol–water partition coefficient (Wildman–Crippen LogP) is 3.78. The Kier molecular flexibility index (Phi) is 5.07. The molecule has 3 N–H and O–H groups in total. The van der Waals surface area contributed by atoms with Crippen LogP contribution in [0.15, 0.2) is 34.7 Å². The molecule has 132 valence electrons. The van der Waals surface area contributed by atoms with Crippen LogP contribution in [0.25, 0.3) is 11.3 Å². The Bertz CT molecular complexity index is 775. The van der Waals surface area contributed by atoms with Crippen molar-refractivity contribution in [1.82, 2.24) is 5.32 Å². The fraction of sp³-hybridized carbons (Fsp3) is 0.368. The van der Waals surface area contributed by atoms with E-state index in [2.05, 4.69) is 5.32 Å². The van der Waals surface area contributed by atoms with Gasteiger partial charge in [0, 0.05) is 11.6 Å². The van der Waals surface area contributed by atoms with Crippen molar-refractivity contribution < 1.29 is 18.7 Å². The summed E-state index contributed by atoms with van der Waals surface area (Å²) in [5.41, 5.74) is 6.33. The molecule has 6 nitrogen and oxygen atoms in total. The largest absolute Gasteiger partial charge is 0.461 e. The molecule has 1 aliphatic carbocycles. The predicted molar refractivity (Wildman–Crippen MR) is 93.4 cm³/mol. The first-order valence-electron chi connectivity index (χ1n) is 8.52. The molecular weight excluding hydrogens is 320 g/mol. The Morgan fingerprint density at radius 1 is 1.20 bits per heavy atom. The zero-order valence-corrected chi connectivity index (χ0v) is 14.2. The van der Waals surface area contributed by atoms with E-state index in [4.69, 9.17) is 14.9 Å². The third-order valence-electron chi connectivity index (χ3n) is 4.35. The minimum absolute atomic E-state index is 0.179. The molecule has 1 aliphatic rings. The summed E-state index contributed by atoms with van der Waals surface area (Å²) in [5, 5.41) is 2.90. The summed E-state index contributed by atoms with van der Waals surface area (Å²) >= 11 is 0. The van der Waals surface area contributed by atoms with Crippen LogP contribution in [0.3, 0.4) is 0 Å². The van der Waals surface area contributed by atoms with Crippen LogP contribution >= 0.6 is 0 Å². The molecule has 1 fully saturated rings. The highest BCUT2D eigenvalue weighted by Crippen LogP contribution is 2.29. The second-order valence-corrected chi connectivity index (χ2v) is 6.36. The van der Waals surface area contributed by atoms with Gasteiger partial charge in [0.2, 0.25) is 0 Å². The summed E-state index contributed by atoms with van der Waals surface area (Å²) in [6.45, 7) is 1.74. The zero-order valence-electron chi connectivity index (χ0n) is 14.2. The van der Waals surface area contributed by atoms with Crippen LogP contribution in [-0.4, -0.2) is 18.0 Å². The van der Waals surface area contributed by atoms with Crippen LogP contribution in [0, 0.1) is 6.92 Å². The van der Waals surface area contributed by atoms with Crippen molar-refractivity contribution >= 4 is 12.0 Å². The Labute approximate surface area is 146 Å². The number of hydrogen-bond donors (Lipinski definition) is 2. The first kappa shape index (κ1) is 17.1. The number of hydrogen-bond acceptors (Lipinski definition) is 4. The maximum Gasteiger partial charge on any atom is 0.412 e. The van der Waals surface area contributed by atoms with Crippen molar-refractivity contribution in [2.24, 2.45) is 5.73 Å². The number of ether oxygens (including phenoxy) is 1. The number of carbonyl (C=O) groups excluding carboxylic acids is 2. The van der Waals surface area contributed by atoms with Crippen molar-refractivity contribution in [3.63, 3.8) is 0 Å². The van der Waals surface area contributed by atoms with E-state index in [0.717, 1.165) is 25.7 Å². The van der Waals surface area contributed by atoms with Gasteiger partial charge >= 0.3 is 6.09 Å². The number of carbonyl (C=O) groups is 2. The van der Waals surface area contributed by atoms with Gasteiger partial charge in [0.1, 0.15) is 17.3 Å². The van der Waals surface area contributed by atoms with Crippen molar-refractivity contribution in [3.8, 4) is 17.1 Å². The molecule has 2 amide bonds. The molecular formula is C19H22N2O4. The molecule has 1 aromatic heterocycles. The molecule has 2 aromatic rings. The van der Waals surface area contributed by atoms with E-state index in [-0.39, 0.29) is 6.04 Å². The number of aryl methyl sites for hydroxylation is 1. The summed E-state index contributed by atoms with van der Waals surface area (Å²) in [5.74, 6) is 0.789. The number of amides is 2. The molecule has 1 heterocycles. The second-order valence-electron chi connectivity index (χ2n) is 6.36. The average Bonchev–Trinajstić information content (AvgIpc) is 2.98. The summed E-state index contributed by atoms with van der Waals surface area (Å²) in [7, 11) is 0. The lowest BCUT2D eigenvalue weighted by atomic mass is 9.96.